The molecule has 1 aliphatic carbocycles. The second-order valence-corrected chi connectivity index (χ2v) is 4.81. The number of nitroso groups, excluding NO2 is 1. The minimum absolute atomic E-state index is 0.105. The number of hydrogen-bond acceptors (Lipinski definition) is 3. The van der Waals surface area contributed by atoms with Gasteiger partial charge < -0.3 is 0 Å². The first kappa shape index (κ1) is 15.2. The van der Waals surface area contributed by atoms with E-state index in [9.17, 15) is 14.5 Å². The van der Waals surface area contributed by atoms with Crippen molar-refractivity contribution < 1.29 is 9.59 Å². The van der Waals surface area contributed by atoms with Gasteiger partial charge in [0.25, 0.3) is 5.91 Å². The Labute approximate surface area is 113 Å². The van der Waals surface area contributed by atoms with E-state index in [1.807, 2.05) is 6.08 Å². The zero-order valence-corrected chi connectivity index (χ0v) is 11.2. The van der Waals surface area contributed by atoms with Gasteiger partial charge in [0.1, 0.15) is 5.78 Å². The normalized spacial score (nSPS) is 21.6. The average Bonchev–Trinajstić information content (AvgIpc) is 2.81. The molecule has 2 atom stereocenters. The minimum Gasteiger partial charge on any atom is -0.299 e. The fourth-order valence-corrected chi connectivity index (χ4v) is 2.12. The molecule has 0 radical (unpaired) electrons. The molecule has 2 unspecified atom stereocenters. The molecule has 0 spiro atoms. The maximum Gasteiger partial charge on any atom is 0.292 e. The highest BCUT2D eigenvalue weighted by Gasteiger charge is 2.24. The third-order valence-corrected chi connectivity index (χ3v) is 3.36. The molecule has 0 N–H and O–H groups in total. The van der Waals surface area contributed by atoms with Crippen LogP contribution in [-0.2, 0) is 9.59 Å². The van der Waals surface area contributed by atoms with Crippen LogP contribution in [0.25, 0.3) is 0 Å². The number of carbonyl (C=O) groups is 2. The molecule has 4 heteroatoms. The van der Waals surface area contributed by atoms with Crippen molar-refractivity contribution in [1.82, 2.24) is 0 Å². The summed E-state index contributed by atoms with van der Waals surface area (Å²) in [4.78, 5) is 32.6. The molecule has 1 saturated carbocycles. The molecule has 1 fully saturated rings. The van der Waals surface area contributed by atoms with Gasteiger partial charge in [0, 0.05) is 17.5 Å². The first-order valence-electron chi connectivity index (χ1n) is 6.48. The third-order valence-electron chi connectivity index (χ3n) is 3.36. The highest BCUT2D eigenvalue weighted by Crippen LogP contribution is 2.27. The smallest absolute Gasteiger partial charge is 0.292 e. The van der Waals surface area contributed by atoms with Gasteiger partial charge in [-0.15, -0.1) is 4.91 Å². The van der Waals surface area contributed by atoms with Crippen LogP contribution < -0.4 is 0 Å². The molecule has 1 amide bonds. The lowest BCUT2D eigenvalue weighted by molar-refractivity contribution is -0.121. The Balaban J connectivity index is 2.59. The quantitative estimate of drug-likeness (QED) is 0.544. The van der Waals surface area contributed by atoms with E-state index in [1.165, 1.54) is 0 Å². The number of amides is 1. The number of hydrogen-bond donors (Lipinski definition) is 0. The molecule has 102 valence electrons. The Kier molecular flexibility index (Phi) is 6.06. The van der Waals surface area contributed by atoms with Gasteiger partial charge in [-0.1, -0.05) is 30.9 Å². The summed E-state index contributed by atoms with van der Waals surface area (Å²) in [6.07, 6.45) is 10.2. The fourth-order valence-electron chi connectivity index (χ4n) is 2.12. The van der Waals surface area contributed by atoms with Crippen molar-refractivity contribution in [3.8, 4) is 0 Å². The number of Topliss-reactive ketones (excluding diaryl/α,β-unsaturated/α-hetero) is 1. The predicted molar refractivity (Wildman–Crippen MR) is 74.4 cm³/mol. The van der Waals surface area contributed by atoms with Crippen LogP contribution in [-0.4, -0.2) is 11.7 Å². The number of carbonyl (C=O) groups excluding carboxylic acids is 2. The summed E-state index contributed by atoms with van der Waals surface area (Å²) in [6.45, 7) is 5.34. The second kappa shape index (κ2) is 7.56. The van der Waals surface area contributed by atoms with Gasteiger partial charge in [-0.3, -0.25) is 9.59 Å². The zero-order chi connectivity index (χ0) is 14.3. The minimum atomic E-state index is -0.684. The van der Waals surface area contributed by atoms with E-state index in [2.05, 4.69) is 11.8 Å². The van der Waals surface area contributed by atoms with E-state index >= 15 is 0 Å². The van der Waals surface area contributed by atoms with E-state index in [0.717, 1.165) is 18.4 Å². The van der Waals surface area contributed by atoms with Crippen LogP contribution in [0.1, 0.15) is 32.6 Å². The molecule has 0 aromatic heterocycles. The Morgan fingerprint density at radius 3 is 2.84 bits per heavy atom. The van der Waals surface area contributed by atoms with Crippen molar-refractivity contribution in [2.45, 2.75) is 32.6 Å². The summed E-state index contributed by atoms with van der Waals surface area (Å²) in [7, 11) is 0. The summed E-state index contributed by atoms with van der Waals surface area (Å²) in [5.74, 6) is -0.775. The molecular weight excluding hydrogens is 242 g/mol. The molecular formula is C15H19NO3. The van der Waals surface area contributed by atoms with Gasteiger partial charge in [-0.05, 0) is 31.8 Å². The van der Waals surface area contributed by atoms with E-state index in [0.29, 0.717) is 18.6 Å². The van der Waals surface area contributed by atoms with Crippen LogP contribution in [0.5, 0.6) is 0 Å². The molecule has 0 heterocycles. The van der Waals surface area contributed by atoms with E-state index < -0.39 is 11.8 Å². The van der Waals surface area contributed by atoms with Crippen LogP contribution in [0.15, 0.2) is 41.6 Å². The van der Waals surface area contributed by atoms with Gasteiger partial charge in [0.15, 0.2) is 0 Å². The van der Waals surface area contributed by atoms with Gasteiger partial charge in [0.05, 0.1) is 5.92 Å². The molecule has 19 heavy (non-hydrogen) atoms. The van der Waals surface area contributed by atoms with Gasteiger partial charge >= 0.3 is 0 Å². The highest BCUT2D eigenvalue weighted by molar-refractivity contribution is 5.83. The number of nitrogens with zero attached hydrogens (tertiary/aromatic N) is 1. The van der Waals surface area contributed by atoms with Gasteiger partial charge in [-0.25, -0.2) is 0 Å². The number of rotatable bonds is 6. The largest absolute Gasteiger partial charge is 0.299 e. The van der Waals surface area contributed by atoms with Crippen LogP contribution in [0.4, 0.5) is 0 Å². The molecule has 1 rings (SSSR count). The summed E-state index contributed by atoms with van der Waals surface area (Å²) < 4.78 is 0. The summed E-state index contributed by atoms with van der Waals surface area (Å²) in [5.41, 5.74) is 0.968. The summed E-state index contributed by atoms with van der Waals surface area (Å²) in [5, 5.41) is 2.37. The third kappa shape index (κ3) is 4.73. The first-order chi connectivity index (χ1) is 9.08. The lowest BCUT2D eigenvalue weighted by Crippen LogP contribution is -2.06. The Bertz CT molecular complexity index is 435. The van der Waals surface area contributed by atoms with Crippen molar-refractivity contribution >= 4 is 11.7 Å². The lowest BCUT2D eigenvalue weighted by atomic mass is 9.96. The number of allylic oxidation sites excluding steroid dienone is 4. The van der Waals surface area contributed by atoms with Crippen LogP contribution in [0, 0.1) is 16.7 Å². The molecule has 0 aromatic carbocycles. The van der Waals surface area contributed by atoms with E-state index in [4.69, 9.17) is 0 Å². The lowest BCUT2D eigenvalue weighted by Gasteiger charge is -2.07. The van der Waals surface area contributed by atoms with Gasteiger partial charge in [-0.2, -0.15) is 0 Å². The fraction of sp³-hybridized carbons (Fsp3) is 0.467. The molecule has 0 bridgehead atoms. The first-order valence-corrected chi connectivity index (χ1v) is 6.48. The number of ketones is 1. The molecule has 0 aromatic rings. The standard InChI is InChI=1S/C15H19NO3/c1-3-12(10-13-8-5-9-14(13)17)7-4-6-11(2)15(18)16-19/h3-4,6-7,11,13H,1,5,8-10H2,2H3/b6-4+,12-7+. The molecule has 0 aliphatic heterocycles. The second-order valence-electron chi connectivity index (χ2n) is 4.81. The van der Waals surface area contributed by atoms with Crippen molar-refractivity contribution in [2.75, 3.05) is 0 Å². The summed E-state index contributed by atoms with van der Waals surface area (Å²) >= 11 is 0. The van der Waals surface area contributed by atoms with Crippen LogP contribution in [0.3, 0.4) is 0 Å². The topological polar surface area (TPSA) is 63.6 Å². The Morgan fingerprint density at radius 1 is 1.58 bits per heavy atom. The van der Waals surface area contributed by atoms with Crippen LogP contribution >= 0.6 is 0 Å². The Morgan fingerprint density at radius 2 is 2.32 bits per heavy atom. The average molecular weight is 261 g/mol. The maximum absolute atomic E-state index is 11.6. The van der Waals surface area contributed by atoms with Crippen molar-refractivity contribution in [2.24, 2.45) is 17.0 Å². The predicted octanol–water partition coefficient (Wildman–Crippen LogP) is 3.34. The van der Waals surface area contributed by atoms with E-state index in [1.54, 1.807) is 25.2 Å². The van der Waals surface area contributed by atoms with Crippen molar-refractivity contribution in [3.05, 3.63) is 41.4 Å². The molecule has 0 saturated heterocycles. The van der Waals surface area contributed by atoms with Crippen molar-refractivity contribution in [3.63, 3.8) is 0 Å². The molecule has 1 aliphatic rings. The zero-order valence-electron chi connectivity index (χ0n) is 11.2. The molecule has 4 nitrogen and oxygen atoms in total. The Hall–Kier alpha value is -1.84. The van der Waals surface area contributed by atoms with Crippen LogP contribution in [0.2, 0.25) is 0 Å². The maximum atomic E-state index is 11.6. The van der Waals surface area contributed by atoms with Crippen molar-refractivity contribution in [1.29, 1.82) is 0 Å². The SMILES string of the molecule is C=C/C(=C\C=C\C(C)C(=O)N=O)CC1CCCC1=O. The van der Waals surface area contributed by atoms with E-state index in [-0.39, 0.29) is 5.92 Å². The summed E-state index contributed by atoms with van der Waals surface area (Å²) in [6, 6.07) is 0. The monoisotopic (exact) mass is 261 g/mol. The van der Waals surface area contributed by atoms with Gasteiger partial charge in [0.2, 0.25) is 0 Å². The highest BCUT2D eigenvalue weighted by atomic mass is 16.3.